The number of fused-ring (bicyclic) bond motifs is 1. The first-order valence-electron chi connectivity index (χ1n) is 31.9. The lowest BCUT2D eigenvalue weighted by atomic mass is 9.55. The third kappa shape index (κ3) is 28.4. The molecule has 6 aliphatic carbocycles. The minimum absolute atomic E-state index is 0.761. The Morgan fingerprint density at radius 2 is 1.03 bits per heavy atom. The van der Waals surface area contributed by atoms with Gasteiger partial charge in [-0.05, 0) is 200 Å². The third-order valence-corrected chi connectivity index (χ3v) is 16.9. The Kier molecular flexibility index (Phi) is 48.1. The smallest absolute Gasteiger partial charge is 0.00434 e. The van der Waals surface area contributed by atoms with E-state index in [0.717, 1.165) is 83.5 Å². The topological polar surface area (TPSA) is 26.0 Å². The Hall–Kier alpha value is -0.820. The molecule has 1 nitrogen and oxygen atoms in total. The van der Waals surface area contributed by atoms with Crippen molar-refractivity contribution >= 4 is 0 Å². The lowest BCUT2D eigenvalue weighted by molar-refractivity contribution is -0.00241. The average molecular weight is 953 g/mol. The molecule has 11 atom stereocenters. The molecule has 6 rings (SSSR count). The summed E-state index contributed by atoms with van der Waals surface area (Å²) in [5, 5.41) is 0. The maximum Gasteiger partial charge on any atom is -0.00434 e. The summed E-state index contributed by atoms with van der Waals surface area (Å²) in [7, 11) is 0. The standard InChI is InChI=1S/C46H81N.C7H12.2C3H8.4C2H6/c1-5-37-20-12-13-24-42(40-29-27-39(28-30-40)38-21-9-7-10-22-38)45(33-47)43-25-14-15-26-44(43)46(36(4)32-37)41-23-11-6-8-17-34(2)18-16-19-35(3)31-41;1-7-5-3-2-4-6-7;2*1-3-2;4*1-2/h5,9,21,34-36,38-46H,6-8,10-20,22-33,47H2,1-4H3;2-3,7H,4-6H2,1H3;2*3H2,1-2H3;4*1-2H3/b37-5+;;;;;;;. The zero-order valence-corrected chi connectivity index (χ0v) is 50.4. The van der Waals surface area contributed by atoms with E-state index in [4.69, 9.17) is 5.73 Å². The summed E-state index contributed by atoms with van der Waals surface area (Å²) in [4.78, 5) is 0. The second-order valence-electron chi connectivity index (χ2n) is 22.4. The average Bonchev–Trinajstić information content (AvgIpc) is 3.37. The van der Waals surface area contributed by atoms with Gasteiger partial charge in [0.2, 0.25) is 0 Å². The summed E-state index contributed by atoms with van der Waals surface area (Å²) in [6.07, 6.45) is 55.1. The molecule has 4 saturated carbocycles. The van der Waals surface area contributed by atoms with Gasteiger partial charge >= 0.3 is 0 Å². The van der Waals surface area contributed by atoms with Gasteiger partial charge in [-0.1, -0.05) is 230 Å². The molecular weight excluding hydrogens is 819 g/mol. The van der Waals surface area contributed by atoms with Crippen molar-refractivity contribution in [2.75, 3.05) is 6.54 Å². The Balaban J connectivity index is 0. The van der Waals surface area contributed by atoms with E-state index in [2.05, 4.69) is 92.7 Å². The second kappa shape index (κ2) is 47.2. The highest BCUT2D eigenvalue weighted by Gasteiger charge is 2.45. The van der Waals surface area contributed by atoms with Crippen molar-refractivity contribution in [2.45, 2.75) is 310 Å². The fourth-order valence-corrected chi connectivity index (χ4v) is 13.9. The summed E-state index contributed by atoms with van der Waals surface area (Å²) in [6.45, 7) is 38.0. The van der Waals surface area contributed by atoms with Crippen LogP contribution in [0.5, 0.6) is 0 Å². The second-order valence-corrected chi connectivity index (χ2v) is 22.4. The van der Waals surface area contributed by atoms with Crippen molar-refractivity contribution in [2.24, 2.45) is 82.7 Å². The molecule has 0 aliphatic heterocycles. The van der Waals surface area contributed by atoms with E-state index in [1.807, 2.05) is 55.4 Å². The van der Waals surface area contributed by atoms with Crippen molar-refractivity contribution in [3.8, 4) is 0 Å². The van der Waals surface area contributed by atoms with E-state index in [1.54, 1.807) is 5.57 Å². The van der Waals surface area contributed by atoms with Crippen LogP contribution in [0, 0.1) is 76.9 Å². The zero-order valence-electron chi connectivity index (χ0n) is 50.4. The maximum atomic E-state index is 7.06. The van der Waals surface area contributed by atoms with Crippen LogP contribution in [0.25, 0.3) is 0 Å². The van der Waals surface area contributed by atoms with Gasteiger partial charge in [-0.2, -0.15) is 0 Å². The van der Waals surface area contributed by atoms with Gasteiger partial charge in [0.05, 0.1) is 0 Å². The van der Waals surface area contributed by atoms with Crippen LogP contribution in [-0.4, -0.2) is 6.54 Å². The molecule has 1 heteroatoms. The summed E-state index contributed by atoms with van der Waals surface area (Å²) in [6, 6.07) is 0. The van der Waals surface area contributed by atoms with E-state index < -0.39 is 0 Å². The molecule has 0 aromatic carbocycles. The van der Waals surface area contributed by atoms with Crippen LogP contribution in [0.4, 0.5) is 0 Å². The summed E-state index contributed by atoms with van der Waals surface area (Å²) < 4.78 is 0. The van der Waals surface area contributed by atoms with E-state index in [0.29, 0.717) is 0 Å². The Morgan fingerprint density at radius 3 is 1.57 bits per heavy atom. The minimum Gasteiger partial charge on any atom is -0.330 e. The van der Waals surface area contributed by atoms with Crippen LogP contribution in [0.15, 0.2) is 36.0 Å². The van der Waals surface area contributed by atoms with Gasteiger partial charge in [-0.25, -0.2) is 0 Å². The highest BCUT2D eigenvalue weighted by molar-refractivity contribution is 5.05. The number of allylic oxidation sites excluding steroid dienone is 6. The van der Waals surface area contributed by atoms with Crippen molar-refractivity contribution in [1.82, 2.24) is 0 Å². The molecule has 11 unspecified atom stereocenters. The van der Waals surface area contributed by atoms with Gasteiger partial charge in [0.1, 0.15) is 0 Å². The fourth-order valence-electron chi connectivity index (χ4n) is 13.9. The summed E-state index contributed by atoms with van der Waals surface area (Å²) >= 11 is 0. The molecule has 0 aromatic heterocycles. The molecule has 4 fully saturated rings. The predicted octanol–water partition coefficient (Wildman–Crippen LogP) is 23.0. The first-order chi connectivity index (χ1) is 33.2. The van der Waals surface area contributed by atoms with Crippen molar-refractivity contribution in [3.63, 3.8) is 0 Å². The molecule has 0 amide bonds. The number of rotatable bonds is 4. The van der Waals surface area contributed by atoms with E-state index in [9.17, 15) is 0 Å². The molecule has 6 aliphatic rings. The van der Waals surface area contributed by atoms with Gasteiger partial charge in [-0.3, -0.25) is 0 Å². The first-order valence-corrected chi connectivity index (χ1v) is 31.9. The molecule has 0 radical (unpaired) electrons. The lowest BCUT2D eigenvalue weighted by Gasteiger charge is -2.50. The van der Waals surface area contributed by atoms with E-state index >= 15 is 0 Å². The minimum atomic E-state index is 0.761. The fraction of sp³-hybridized carbons (Fsp3) is 0.910. The molecule has 406 valence electrons. The Morgan fingerprint density at radius 1 is 0.485 bits per heavy atom. The zero-order chi connectivity index (χ0) is 51.5. The van der Waals surface area contributed by atoms with Crippen molar-refractivity contribution < 1.29 is 0 Å². The van der Waals surface area contributed by atoms with Gasteiger partial charge in [0.25, 0.3) is 0 Å². The van der Waals surface area contributed by atoms with Gasteiger partial charge < -0.3 is 5.73 Å². The number of hydrogen-bond donors (Lipinski definition) is 1. The van der Waals surface area contributed by atoms with Crippen molar-refractivity contribution in [3.05, 3.63) is 36.0 Å². The van der Waals surface area contributed by atoms with Gasteiger partial charge in [0, 0.05) is 0 Å². The largest absolute Gasteiger partial charge is 0.330 e. The van der Waals surface area contributed by atoms with Crippen LogP contribution in [-0.2, 0) is 0 Å². The predicted molar refractivity (Wildman–Crippen MR) is 316 cm³/mol. The molecule has 0 spiro atoms. The van der Waals surface area contributed by atoms with Gasteiger partial charge in [-0.15, -0.1) is 0 Å². The van der Waals surface area contributed by atoms with Crippen molar-refractivity contribution in [1.29, 1.82) is 0 Å². The van der Waals surface area contributed by atoms with Crippen LogP contribution in [0.2, 0.25) is 0 Å². The molecule has 0 aromatic rings. The van der Waals surface area contributed by atoms with Crippen LogP contribution in [0.1, 0.15) is 310 Å². The number of hydrogen-bond acceptors (Lipinski definition) is 1. The summed E-state index contributed by atoms with van der Waals surface area (Å²) in [5.74, 6) is 11.6. The van der Waals surface area contributed by atoms with E-state index in [1.165, 1.54) is 193 Å². The molecule has 0 heterocycles. The Labute approximate surface area is 433 Å². The normalized spacial score (nSPS) is 34.1. The van der Waals surface area contributed by atoms with Crippen LogP contribution >= 0.6 is 0 Å². The highest BCUT2D eigenvalue weighted by atomic mass is 14.6. The maximum absolute atomic E-state index is 7.06. The first kappa shape index (κ1) is 69.3. The summed E-state index contributed by atoms with van der Waals surface area (Å²) in [5.41, 5.74) is 8.86. The number of nitrogens with two attached hydrogens (primary N) is 1. The van der Waals surface area contributed by atoms with Crippen LogP contribution in [0.3, 0.4) is 0 Å². The third-order valence-electron chi connectivity index (χ3n) is 16.9. The molecule has 68 heavy (non-hydrogen) atoms. The Bertz CT molecular complexity index is 1120. The van der Waals surface area contributed by atoms with Gasteiger partial charge in [0.15, 0.2) is 0 Å². The monoisotopic (exact) mass is 952 g/mol. The lowest BCUT2D eigenvalue weighted by Crippen LogP contribution is -2.45. The molecule has 2 N–H and O–H groups in total. The quantitative estimate of drug-likeness (QED) is 0.279. The van der Waals surface area contributed by atoms with Crippen LogP contribution < -0.4 is 5.73 Å². The SMILES string of the molecule is C/C=C1\CCCCC(C2CCC(C3C=CCCC3)CC2)C(CN)C2CCCCC2C(C2CCCCCC(C)CCCC(C)C2)C(C)C1.CC.CC.CC.CC.CC1CC=CCC1.CCC.CCC. The molecular formula is C67H133N. The molecule has 0 bridgehead atoms. The highest BCUT2D eigenvalue weighted by Crippen LogP contribution is 2.53. The molecule has 0 saturated heterocycles. The van der Waals surface area contributed by atoms with E-state index in [-0.39, 0.29) is 0 Å².